The van der Waals surface area contributed by atoms with E-state index in [4.69, 9.17) is 4.74 Å². The molecule has 0 amide bonds. The van der Waals surface area contributed by atoms with E-state index in [1.54, 1.807) is 0 Å². The summed E-state index contributed by atoms with van der Waals surface area (Å²) < 4.78 is 5.97. The van der Waals surface area contributed by atoms with Crippen LogP contribution in [0.25, 0.3) is 0 Å². The van der Waals surface area contributed by atoms with Crippen molar-refractivity contribution in [1.82, 2.24) is 0 Å². The Morgan fingerprint density at radius 1 is 1.27 bits per heavy atom. The standard InChI is InChI=1S/C22H30O4/c1-13-8-10-22(11-9-13)12-16(23)15-7-6-14(2)17(18(15)22)19(20(24)25)26-21(3,4)5/h6-7,13,19H,8-12H2,1-5H3,(H,24,25). The lowest BCUT2D eigenvalue weighted by Crippen LogP contribution is -2.34. The molecule has 1 spiro atoms. The predicted molar refractivity (Wildman–Crippen MR) is 101 cm³/mol. The molecule has 1 aromatic rings. The zero-order chi connectivity index (χ0) is 19.3. The molecule has 26 heavy (non-hydrogen) atoms. The topological polar surface area (TPSA) is 63.6 Å². The molecule has 1 fully saturated rings. The Bertz CT molecular complexity index is 733. The van der Waals surface area contributed by atoms with Crippen LogP contribution in [-0.2, 0) is 14.9 Å². The third-order valence-electron chi connectivity index (χ3n) is 5.98. The van der Waals surface area contributed by atoms with Crippen molar-refractivity contribution in [3.8, 4) is 0 Å². The van der Waals surface area contributed by atoms with Gasteiger partial charge in [-0.1, -0.05) is 19.1 Å². The third kappa shape index (κ3) is 3.32. The van der Waals surface area contributed by atoms with Crippen LogP contribution < -0.4 is 0 Å². The molecule has 0 heterocycles. The number of carbonyl (C=O) groups excluding carboxylic acids is 1. The molecule has 2 aliphatic carbocycles. The van der Waals surface area contributed by atoms with Gasteiger partial charge in [-0.3, -0.25) is 4.79 Å². The van der Waals surface area contributed by atoms with E-state index in [9.17, 15) is 14.7 Å². The number of carboxylic acid groups (broad SMARTS) is 1. The first-order chi connectivity index (χ1) is 12.0. The molecule has 1 aromatic carbocycles. The second kappa shape index (κ2) is 6.49. The molecule has 1 atom stereocenters. The highest BCUT2D eigenvalue weighted by molar-refractivity contribution is 6.03. The van der Waals surface area contributed by atoms with Crippen LogP contribution in [0, 0.1) is 12.8 Å². The van der Waals surface area contributed by atoms with Crippen molar-refractivity contribution in [3.63, 3.8) is 0 Å². The van der Waals surface area contributed by atoms with E-state index in [0.29, 0.717) is 23.5 Å². The van der Waals surface area contributed by atoms with E-state index in [0.717, 1.165) is 36.8 Å². The summed E-state index contributed by atoms with van der Waals surface area (Å²) in [6, 6.07) is 3.76. The molecule has 0 bridgehead atoms. The maximum Gasteiger partial charge on any atom is 0.337 e. The number of hydrogen-bond donors (Lipinski definition) is 1. The highest BCUT2D eigenvalue weighted by atomic mass is 16.5. The Morgan fingerprint density at radius 2 is 1.88 bits per heavy atom. The molecule has 0 radical (unpaired) electrons. The van der Waals surface area contributed by atoms with E-state index in [-0.39, 0.29) is 11.2 Å². The quantitative estimate of drug-likeness (QED) is 0.828. The first-order valence-corrected chi connectivity index (χ1v) is 9.62. The summed E-state index contributed by atoms with van der Waals surface area (Å²) in [6.07, 6.45) is 3.52. The molecule has 1 saturated carbocycles. The first-order valence-electron chi connectivity index (χ1n) is 9.62. The second-order valence-electron chi connectivity index (χ2n) is 9.23. The fourth-order valence-corrected chi connectivity index (χ4v) is 4.68. The number of rotatable bonds is 3. The third-order valence-corrected chi connectivity index (χ3v) is 5.98. The number of hydrogen-bond acceptors (Lipinski definition) is 3. The first kappa shape index (κ1) is 19.1. The minimum atomic E-state index is -1.05. The Morgan fingerprint density at radius 3 is 2.42 bits per heavy atom. The van der Waals surface area contributed by atoms with E-state index < -0.39 is 17.7 Å². The molecule has 2 aliphatic rings. The summed E-state index contributed by atoms with van der Waals surface area (Å²) in [7, 11) is 0. The fraction of sp³-hybridized carbons (Fsp3) is 0.636. The van der Waals surface area contributed by atoms with Gasteiger partial charge in [-0.25, -0.2) is 4.79 Å². The summed E-state index contributed by atoms with van der Waals surface area (Å²) in [5.41, 5.74) is 2.48. The van der Waals surface area contributed by atoms with Crippen molar-refractivity contribution in [2.75, 3.05) is 0 Å². The lowest BCUT2D eigenvalue weighted by Gasteiger charge is -2.39. The van der Waals surface area contributed by atoms with Crippen LogP contribution in [0.1, 0.15) is 93.0 Å². The van der Waals surface area contributed by atoms with Gasteiger partial charge in [0.1, 0.15) is 0 Å². The highest BCUT2D eigenvalue weighted by Crippen LogP contribution is 2.53. The van der Waals surface area contributed by atoms with E-state index >= 15 is 0 Å². The van der Waals surface area contributed by atoms with Crippen molar-refractivity contribution >= 4 is 11.8 Å². The van der Waals surface area contributed by atoms with E-state index in [1.165, 1.54) is 0 Å². The van der Waals surface area contributed by atoms with Crippen molar-refractivity contribution in [3.05, 3.63) is 34.4 Å². The van der Waals surface area contributed by atoms with Gasteiger partial charge in [0.05, 0.1) is 5.60 Å². The monoisotopic (exact) mass is 358 g/mol. The summed E-state index contributed by atoms with van der Waals surface area (Å²) in [5, 5.41) is 9.93. The number of ketones is 1. The summed E-state index contributed by atoms with van der Waals surface area (Å²) in [4.78, 5) is 24.9. The molecule has 0 aliphatic heterocycles. The Balaban J connectivity index is 2.18. The second-order valence-corrected chi connectivity index (χ2v) is 9.23. The molecular formula is C22H30O4. The smallest absolute Gasteiger partial charge is 0.337 e. The summed E-state index contributed by atoms with van der Waals surface area (Å²) >= 11 is 0. The van der Waals surface area contributed by atoms with E-state index in [1.807, 2.05) is 39.8 Å². The van der Waals surface area contributed by atoms with Crippen LogP contribution in [0.2, 0.25) is 0 Å². The molecule has 4 heteroatoms. The number of fused-ring (bicyclic) bond motifs is 2. The van der Waals surface area contributed by atoms with Gasteiger partial charge in [-0.05, 0) is 76.0 Å². The van der Waals surface area contributed by atoms with Crippen molar-refractivity contribution in [2.24, 2.45) is 5.92 Å². The zero-order valence-corrected chi connectivity index (χ0v) is 16.5. The molecule has 0 saturated heterocycles. The predicted octanol–water partition coefficient (Wildman–Crippen LogP) is 4.97. The molecule has 3 rings (SSSR count). The van der Waals surface area contributed by atoms with Crippen LogP contribution in [0.5, 0.6) is 0 Å². The van der Waals surface area contributed by atoms with Crippen LogP contribution in [0.15, 0.2) is 12.1 Å². The van der Waals surface area contributed by atoms with Crippen LogP contribution in [-0.4, -0.2) is 22.5 Å². The minimum absolute atomic E-state index is 0.149. The Labute approximate surface area is 155 Å². The number of aliphatic carboxylic acids is 1. The molecular weight excluding hydrogens is 328 g/mol. The summed E-state index contributed by atoms with van der Waals surface area (Å²) in [6.45, 7) is 9.78. The number of carboxylic acids is 1. The van der Waals surface area contributed by atoms with Crippen molar-refractivity contribution in [2.45, 2.75) is 83.8 Å². The van der Waals surface area contributed by atoms with Crippen LogP contribution in [0.4, 0.5) is 0 Å². The normalized spacial score (nSPS) is 26.8. The number of Topliss-reactive ketones (excluding diaryl/α,β-unsaturated/α-hetero) is 1. The van der Waals surface area contributed by atoms with Gasteiger partial charge in [0.25, 0.3) is 0 Å². The Hall–Kier alpha value is -1.68. The number of benzene rings is 1. The lowest BCUT2D eigenvalue weighted by atomic mass is 9.66. The molecule has 4 nitrogen and oxygen atoms in total. The van der Waals surface area contributed by atoms with Gasteiger partial charge >= 0.3 is 5.97 Å². The van der Waals surface area contributed by atoms with Crippen LogP contribution >= 0.6 is 0 Å². The average Bonchev–Trinajstić information content (AvgIpc) is 2.80. The average molecular weight is 358 g/mol. The molecule has 142 valence electrons. The zero-order valence-electron chi connectivity index (χ0n) is 16.5. The SMILES string of the molecule is Cc1ccc2c(c1C(OC(C)(C)C)C(=O)O)C1(CCC(C)CC1)CC2=O. The van der Waals surface area contributed by atoms with Gasteiger partial charge in [-0.2, -0.15) is 0 Å². The lowest BCUT2D eigenvalue weighted by molar-refractivity contribution is -0.160. The maximum absolute atomic E-state index is 12.8. The number of carbonyl (C=O) groups is 2. The minimum Gasteiger partial charge on any atom is -0.479 e. The van der Waals surface area contributed by atoms with Crippen LogP contribution in [0.3, 0.4) is 0 Å². The van der Waals surface area contributed by atoms with Gasteiger partial charge in [0.15, 0.2) is 11.9 Å². The van der Waals surface area contributed by atoms with Crippen molar-refractivity contribution in [1.29, 1.82) is 0 Å². The molecule has 1 unspecified atom stereocenters. The Kier molecular flexibility index (Phi) is 4.76. The van der Waals surface area contributed by atoms with Gasteiger partial charge in [0, 0.05) is 17.4 Å². The fourth-order valence-electron chi connectivity index (χ4n) is 4.68. The molecule has 1 N–H and O–H groups in total. The number of ether oxygens (including phenoxy) is 1. The van der Waals surface area contributed by atoms with Crippen molar-refractivity contribution < 1.29 is 19.4 Å². The van der Waals surface area contributed by atoms with Gasteiger partial charge in [0.2, 0.25) is 0 Å². The van der Waals surface area contributed by atoms with Gasteiger partial charge in [-0.15, -0.1) is 0 Å². The molecule has 0 aromatic heterocycles. The number of aryl methyl sites for hydroxylation is 1. The largest absolute Gasteiger partial charge is 0.479 e. The highest BCUT2D eigenvalue weighted by Gasteiger charge is 2.48. The van der Waals surface area contributed by atoms with E-state index in [2.05, 4.69) is 6.92 Å². The maximum atomic E-state index is 12.8. The van der Waals surface area contributed by atoms with Gasteiger partial charge < -0.3 is 9.84 Å². The summed E-state index contributed by atoms with van der Waals surface area (Å²) in [5.74, 6) is -0.181.